The first-order valence-corrected chi connectivity index (χ1v) is 6.40. The van der Waals surface area contributed by atoms with Crippen molar-refractivity contribution in [3.63, 3.8) is 0 Å². The van der Waals surface area contributed by atoms with Gasteiger partial charge in [-0.3, -0.25) is 4.79 Å². The second-order valence-corrected chi connectivity index (χ2v) is 5.56. The summed E-state index contributed by atoms with van der Waals surface area (Å²) in [7, 11) is 0. The number of rotatable bonds is 5. The van der Waals surface area contributed by atoms with Crippen LogP contribution in [0.3, 0.4) is 0 Å². The number of carbonyl (C=O) groups is 1. The highest BCUT2D eigenvalue weighted by molar-refractivity contribution is 6.30. The summed E-state index contributed by atoms with van der Waals surface area (Å²) >= 11 is 5.79. The molecule has 0 saturated heterocycles. The Kier molecular flexibility index (Phi) is 5.63. The van der Waals surface area contributed by atoms with Crippen molar-refractivity contribution < 1.29 is 9.53 Å². The fourth-order valence-electron chi connectivity index (χ4n) is 1.33. The monoisotopic (exact) mass is 269 g/mol. The fourth-order valence-corrected chi connectivity index (χ4v) is 1.46. The quantitative estimate of drug-likeness (QED) is 0.893. The van der Waals surface area contributed by atoms with Gasteiger partial charge in [0.15, 0.2) is 0 Å². The van der Waals surface area contributed by atoms with E-state index in [2.05, 4.69) is 5.32 Å². The molecular weight excluding hydrogens is 250 g/mol. The van der Waals surface area contributed by atoms with Crippen molar-refractivity contribution >= 4 is 17.5 Å². The van der Waals surface area contributed by atoms with Gasteiger partial charge in [-0.2, -0.15) is 0 Å². The van der Waals surface area contributed by atoms with E-state index in [1.807, 2.05) is 45.0 Å². The lowest BCUT2D eigenvalue weighted by molar-refractivity contribution is -0.130. The second kappa shape index (κ2) is 6.76. The number of benzene rings is 1. The summed E-state index contributed by atoms with van der Waals surface area (Å²) in [5.74, 6) is -0.0844. The first kappa shape index (κ1) is 15.0. The molecule has 1 aromatic carbocycles. The van der Waals surface area contributed by atoms with Gasteiger partial charge in [0.1, 0.15) is 6.61 Å². The van der Waals surface area contributed by atoms with Gasteiger partial charge in [0.2, 0.25) is 5.91 Å². The summed E-state index contributed by atoms with van der Waals surface area (Å²) in [5.41, 5.74) is 0.865. The van der Waals surface area contributed by atoms with Crippen LogP contribution in [-0.4, -0.2) is 24.7 Å². The van der Waals surface area contributed by atoms with E-state index >= 15 is 0 Å². The Labute approximate surface area is 113 Å². The number of halogens is 1. The van der Waals surface area contributed by atoms with Crippen LogP contribution < -0.4 is 5.32 Å². The molecule has 0 atom stereocenters. The summed E-state index contributed by atoms with van der Waals surface area (Å²) in [5, 5.41) is 3.54. The first-order chi connectivity index (χ1) is 8.37. The number of nitrogens with one attached hydrogen (secondary N) is 1. The van der Waals surface area contributed by atoms with Crippen molar-refractivity contribution in [3.8, 4) is 0 Å². The molecule has 0 aliphatic heterocycles. The van der Waals surface area contributed by atoms with E-state index < -0.39 is 0 Å². The first-order valence-electron chi connectivity index (χ1n) is 6.02. The molecule has 3 nitrogen and oxygen atoms in total. The van der Waals surface area contributed by atoms with Crippen LogP contribution in [0.15, 0.2) is 24.3 Å². The van der Waals surface area contributed by atoms with Crippen molar-refractivity contribution in [2.75, 3.05) is 13.2 Å². The normalized spacial score (nSPS) is 11.3. The van der Waals surface area contributed by atoms with Gasteiger partial charge < -0.3 is 10.1 Å². The molecule has 0 unspecified atom stereocenters. The third-order valence-corrected chi connectivity index (χ3v) is 2.54. The lowest BCUT2D eigenvalue weighted by atomic mass is 10.1. The maximum absolute atomic E-state index is 11.5. The number of ether oxygens (including phenoxy) is 1. The minimum atomic E-state index is -0.284. The zero-order valence-electron chi connectivity index (χ0n) is 11.1. The van der Waals surface area contributed by atoms with Crippen LogP contribution in [0.1, 0.15) is 26.3 Å². The Bertz CT molecular complexity index is 382. The van der Waals surface area contributed by atoms with E-state index in [4.69, 9.17) is 16.3 Å². The summed E-state index contributed by atoms with van der Waals surface area (Å²) in [6.45, 7) is 6.48. The zero-order chi connectivity index (χ0) is 13.6. The molecule has 1 amide bonds. The van der Waals surface area contributed by atoms with E-state index in [1.165, 1.54) is 0 Å². The van der Waals surface area contributed by atoms with E-state index in [-0.39, 0.29) is 18.1 Å². The second-order valence-electron chi connectivity index (χ2n) is 5.13. The lowest BCUT2D eigenvalue weighted by Gasteiger charge is -2.18. The van der Waals surface area contributed by atoms with Gasteiger partial charge in [-0.25, -0.2) is 0 Å². The molecule has 4 heteroatoms. The average Bonchev–Trinajstić information content (AvgIpc) is 2.28. The van der Waals surface area contributed by atoms with Crippen LogP contribution in [-0.2, 0) is 16.0 Å². The molecule has 1 aromatic rings. The van der Waals surface area contributed by atoms with E-state index in [9.17, 15) is 4.79 Å². The molecule has 0 spiro atoms. The largest absolute Gasteiger partial charge is 0.366 e. The number of carbonyl (C=O) groups excluding carboxylic acids is 1. The summed E-state index contributed by atoms with van der Waals surface area (Å²) < 4.78 is 5.38. The summed E-state index contributed by atoms with van der Waals surface area (Å²) in [6, 6.07) is 7.61. The molecular formula is C14H20ClNO2. The Morgan fingerprint density at radius 3 is 2.44 bits per heavy atom. The Morgan fingerprint density at radius 1 is 1.28 bits per heavy atom. The van der Waals surface area contributed by atoms with Gasteiger partial charge in [-0.1, -0.05) is 23.7 Å². The number of amides is 1. The Morgan fingerprint density at radius 2 is 1.89 bits per heavy atom. The van der Waals surface area contributed by atoms with Crippen LogP contribution in [0.5, 0.6) is 0 Å². The molecule has 0 aliphatic carbocycles. The predicted molar refractivity (Wildman–Crippen MR) is 73.9 cm³/mol. The topological polar surface area (TPSA) is 38.3 Å². The van der Waals surface area contributed by atoms with Gasteiger partial charge in [0, 0.05) is 11.6 Å². The van der Waals surface area contributed by atoms with Crippen LogP contribution in [0.4, 0.5) is 0 Å². The predicted octanol–water partition coefficient (Wildman–Crippen LogP) is 2.81. The summed E-state index contributed by atoms with van der Waals surface area (Å²) in [6.07, 6.45) is 0.790. The molecule has 1 N–H and O–H groups in total. The minimum Gasteiger partial charge on any atom is -0.366 e. The maximum atomic E-state index is 11.5. The van der Waals surface area contributed by atoms with Crippen LogP contribution in [0.25, 0.3) is 0 Å². The highest BCUT2D eigenvalue weighted by Crippen LogP contribution is 2.09. The van der Waals surface area contributed by atoms with Crippen molar-refractivity contribution in [2.45, 2.75) is 32.8 Å². The zero-order valence-corrected chi connectivity index (χ0v) is 11.9. The van der Waals surface area contributed by atoms with Gasteiger partial charge in [0.05, 0.1) is 5.60 Å². The Balaban J connectivity index is 2.21. The van der Waals surface area contributed by atoms with E-state index in [0.29, 0.717) is 6.54 Å². The van der Waals surface area contributed by atoms with Crippen molar-refractivity contribution in [3.05, 3.63) is 34.9 Å². The number of hydrogen-bond donors (Lipinski definition) is 1. The molecule has 0 aromatic heterocycles. The van der Waals surface area contributed by atoms with Crippen LogP contribution >= 0.6 is 11.6 Å². The van der Waals surface area contributed by atoms with Crippen molar-refractivity contribution in [2.24, 2.45) is 0 Å². The third kappa shape index (κ3) is 6.62. The van der Waals surface area contributed by atoms with Crippen LogP contribution in [0.2, 0.25) is 5.02 Å². The van der Waals surface area contributed by atoms with Crippen molar-refractivity contribution in [1.82, 2.24) is 5.32 Å². The molecule has 0 saturated carbocycles. The Hall–Kier alpha value is -1.06. The molecule has 0 aliphatic rings. The molecule has 0 fully saturated rings. The molecule has 100 valence electrons. The minimum absolute atomic E-state index is 0.0844. The molecule has 0 bridgehead atoms. The van der Waals surface area contributed by atoms with E-state index in [1.54, 1.807) is 0 Å². The fraction of sp³-hybridized carbons (Fsp3) is 0.500. The SMILES string of the molecule is CC(C)(C)OCC(=O)NCCc1ccc(Cl)cc1. The number of hydrogen-bond acceptors (Lipinski definition) is 2. The third-order valence-electron chi connectivity index (χ3n) is 2.29. The van der Waals surface area contributed by atoms with E-state index in [0.717, 1.165) is 17.0 Å². The van der Waals surface area contributed by atoms with Gasteiger partial charge in [-0.15, -0.1) is 0 Å². The molecule has 1 rings (SSSR count). The maximum Gasteiger partial charge on any atom is 0.246 e. The van der Waals surface area contributed by atoms with Gasteiger partial charge >= 0.3 is 0 Å². The summed E-state index contributed by atoms with van der Waals surface area (Å²) in [4.78, 5) is 11.5. The van der Waals surface area contributed by atoms with Gasteiger partial charge in [0.25, 0.3) is 0 Å². The smallest absolute Gasteiger partial charge is 0.246 e. The standard InChI is InChI=1S/C14H20ClNO2/c1-14(2,3)18-10-13(17)16-9-8-11-4-6-12(15)7-5-11/h4-7H,8-10H2,1-3H3,(H,16,17). The lowest BCUT2D eigenvalue weighted by Crippen LogP contribution is -2.33. The highest BCUT2D eigenvalue weighted by Gasteiger charge is 2.12. The highest BCUT2D eigenvalue weighted by atomic mass is 35.5. The molecule has 0 radical (unpaired) electrons. The van der Waals surface area contributed by atoms with Gasteiger partial charge in [-0.05, 0) is 44.9 Å². The molecule has 0 heterocycles. The van der Waals surface area contributed by atoms with Crippen molar-refractivity contribution in [1.29, 1.82) is 0 Å². The average molecular weight is 270 g/mol. The van der Waals surface area contributed by atoms with Crippen LogP contribution in [0, 0.1) is 0 Å². The molecule has 18 heavy (non-hydrogen) atoms.